The van der Waals surface area contributed by atoms with E-state index in [1.807, 2.05) is 18.2 Å². The number of likely N-dealkylation sites (N-methyl/N-ethyl adjacent to an activating group) is 1. The molecule has 0 saturated carbocycles. The molecule has 0 aliphatic carbocycles. The number of halogens is 1. The number of hydrogen-bond acceptors (Lipinski definition) is 3. The van der Waals surface area contributed by atoms with Gasteiger partial charge in [0.15, 0.2) is 0 Å². The Kier molecular flexibility index (Phi) is 5.26. The van der Waals surface area contributed by atoms with Gasteiger partial charge in [-0.3, -0.25) is 0 Å². The summed E-state index contributed by atoms with van der Waals surface area (Å²) in [5.41, 5.74) is 1.78. The molecule has 1 fully saturated rings. The molecule has 0 bridgehead atoms. The zero-order valence-electron chi connectivity index (χ0n) is 12.4. The van der Waals surface area contributed by atoms with Gasteiger partial charge in [0, 0.05) is 25.2 Å². The normalized spacial score (nSPS) is 20.7. The summed E-state index contributed by atoms with van der Waals surface area (Å²) in [6.45, 7) is 5.12. The first-order valence-corrected chi connectivity index (χ1v) is 7.51. The van der Waals surface area contributed by atoms with Crippen LogP contribution in [0.4, 0.5) is 5.69 Å². The number of carbonyl (C=O) groups is 1. The largest absolute Gasteiger partial charge is 0.478 e. The molecule has 1 aliphatic rings. The summed E-state index contributed by atoms with van der Waals surface area (Å²) in [6, 6.07) is 5.94. The molecule has 2 rings (SSSR count). The fourth-order valence-corrected chi connectivity index (χ4v) is 3.13. The maximum atomic E-state index is 10.8. The second-order valence-electron chi connectivity index (χ2n) is 5.51. The summed E-state index contributed by atoms with van der Waals surface area (Å²) in [6.07, 6.45) is 3.84. The van der Waals surface area contributed by atoms with Gasteiger partial charge in [0.1, 0.15) is 0 Å². The highest BCUT2D eigenvalue weighted by molar-refractivity contribution is 6.33. The van der Waals surface area contributed by atoms with E-state index >= 15 is 0 Å². The van der Waals surface area contributed by atoms with Crippen molar-refractivity contribution in [1.82, 2.24) is 4.90 Å². The van der Waals surface area contributed by atoms with Gasteiger partial charge >= 0.3 is 5.97 Å². The number of benzene rings is 1. The zero-order chi connectivity index (χ0) is 15.4. The SMILES string of the molecule is CC1CN(C)CCCN1c1c(Cl)cccc1/C=C/C(=O)O. The molecule has 1 atom stereocenters. The second-order valence-corrected chi connectivity index (χ2v) is 5.91. The number of nitrogens with zero attached hydrogens (tertiary/aromatic N) is 2. The maximum absolute atomic E-state index is 10.8. The molecule has 4 nitrogen and oxygen atoms in total. The van der Waals surface area contributed by atoms with Crippen LogP contribution in [0.1, 0.15) is 18.9 Å². The van der Waals surface area contributed by atoms with Gasteiger partial charge in [-0.15, -0.1) is 0 Å². The predicted molar refractivity (Wildman–Crippen MR) is 87.0 cm³/mol. The third-order valence-corrected chi connectivity index (χ3v) is 4.06. The van der Waals surface area contributed by atoms with E-state index in [-0.39, 0.29) is 0 Å². The van der Waals surface area contributed by atoms with Crippen LogP contribution in [-0.4, -0.2) is 48.7 Å². The summed E-state index contributed by atoms with van der Waals surface area (Å²) in [5.74, 6) is -0.954. The van der Waals surface area contributed by atoms with Crippen LogP contribution < -0.4 is 4.90 Å². The highest BCUT2D eigenvalue weighted by atomic mass is 35.5. The predicted octanol–water partition coefficient (Wildman–Crippen LogP) is 2.97. The van der Waals surface area contributed by atoms with Crippen LogP contribution >= 0.6 is 11.6 Å². The lowest BCUT2D eigenvalue weighted by atomic mass is 10.1. The molecule has 0 amide bonds. The van der Waals surface area contributed by atoms with Crippen LogP contribution in [0.5, 0.6) is 0 Å². The Balaban J connectivity index is 2.39. The van der Waals surface area contributed by atoms with Crippen molar-refractivity contribution in [2.45, 2.75) is 19.4 Å². The van der Waals surface area contributed by atoms with Crippen LogP contribution in [0.3, 0.4) is 0 Å². The van der Waals surface area contributed by atoms with Gasteiger partial charge in [0.25, 0.3) is 0 Å². The molecule has 1 aromatic carbocycles. The van der Waals surface area contributed by atoms with Crippen molar-refractivity contribution >= 4 is 29.3 Å². The van der Waals surface area contributed by atoms with Crippen LogP contribution in [0.2, 0.25) is 5.02 Å². The summed E-state index contributed by atoms with van der Waals surface area (Å²) in [4.78, 5) is 15.4. The first kappa shape index (κ1) is 15.9. The maximum Gasteiger partial charge on any atom is 0.328 e. The molecule has 5 heteroatoms. The van der Waals surface area contributed by atoms with Gasteiger partial charge in [0.05, 0.1) is 10.7 Å². The Bertz CT molecular complexity index is 545. The Morgan fingerprint density at radius 2 is 2.19 bits per heavy atom. The highest BCUT2D eigenvalue weighted by Crippen LogP contribution is 2.33. The monoisotopic (exact) mass is 308 g/mol. The molecule has 1 N–H and O–H groups in total. The van der Waals surface area contributed by atoms with Crippen molar-refractivity contribution in [3.63, 3.8) is 0 Å². The third kappa shape index (κ3) is 3.99. The number of para-hydroxylation sites is 1. The van der Waals surface area contributed by atoms with Gasteiger partial charge in [-0.05, 0) is 44.6 Å². The van der Waals surface area contributed by atoms with Crippen LogP contribution in [0.15, 0.2) is 24.3 Å². The Morgan fingerprint density at radius 3 is 2.90 bits per heavy atom. The summed E-state index contributed by atoms with van der Waals surface area (Å²) in [7, 11) is 2.12. The lowest BCUT2D eigenvalue weighted by Gasteiger charge is -2.32. The second kappa shape index (κ2) is 6.96. The number of aliphatic carboxylic acids is 1. The molecule has 0 radical (unpaired) electrons. The van der Waals surface area contributed by atoms with Crippen molar-refractivity contribution in [3.05, 3.63) is 34.9 Å². The molecule has 0 aromatic heterocycles. The van der Waals surface area contributed by atoms with Crippen LogP contribution in [0, 0.1) is 0 Å². The van der Waals surface area contributed by atoms with Gasteiger partial charge in [-0.1, -0.05) is 23.7 Å². The van der Waals surface area contributed by atoms with E-state index in [1.165, 1.54) is 0 Å². The summed E-state index contributed by atoms with van der Waals surface area (Å²) in [5, 5.41) is 9.50. The zero-order valence-corrected chi connectivity index (χ0v) is 13.2. The molecular formula is C16H21ClN2O2. The first-order chi connectivity index (χ1) is 9.99. The van der Waals surface area contributed by atoms with Crippen LogP contribution in [0.25, 0.3) is 6.08 Å². The number of carboxylic acid groups (broad SMARTS) is 1. The van der Waals surface area contributed by atoms with Crippen molar-refractivity contribution < 1.29 is 9.90 Å². The molecule has 1 unspecified atom stereocenters. The van der Waals surface area contributed by atoms with E-state index in [9.17, 15) is 4.79 Å². The van der Waals surface area contributed by atoms with E-state index in [0.29, 0.717) is 11.1 Å². The molecule has 1 saturated heterocycles. The smallest absolute Gasteiger partial charge is 0.328 e. The Morgan fingerprint density at radius 1 is 1.43 bits per heavy atom. The van der Waals surface area contributed by atoms with Crippen molar-refractivity contribution in [2.75, 3.05) is 31.6 Å². The Hall–Kier alpha value is -1.52. The van der Waals surface area contributed by atoms with E-state index in [4.69, 9.17) is 16.7 Å². The minimum absolute atomic E-state index is 0.328. The minimum atomic E-state index is -0.954. The molecule has 1 aliphatic heterocycles. The molecule has 114 valence electrons. The quantitative estimate of drug-likeness (QED) is 0.872. The summed E-state index contributed by atoms with van der Waals surface area (Å²) >= 11 is 6.40. The number of rotatable bonds is 3. The number of anilines is 1. The standard InChI is InChI=1S/C16H21ClN2O2/c1-12-11-18(2)9-4-10-19(12)16-13(7-8-15(20)21)5-3-6-14(16)17/h3,5-8,12H,4,9-11H2,1-2H3,(H,20,21)/b8-7+. The average Bonchev–Trinajstić information content (AvgIpc) is 2.57. The topological polar surface area (TPSA) is 43.8 Å². The van der Waals surface area contributed by atoms with Gasteiger partial charge in [0.2, 0.25) is 0 Å². The minimum Gasteiger partial charge on any atom is -0.478 e. The summed E-state index contributed by atoms with van der Waals surface area (Å²) < 4.78 is 0. The van der Waals surface area contributed by atoms with E-state index in [0.717, 1.165) is 43.4 Å². The third-order valence-electron chi connectivity index (χ3n) is 3.76. The van der Waals surface area contributed by atoms with Crippen LogP contribution in [-0.2, 0) is 4.79 Å². The van der Waals surface area contributed by atoms with E-state index in [2.05, 4.69) is 23.8 Å². The van der Waals surface area contributed by atoms with E-state index in [1.54, 1.807) is 6.08 Å². The fraction of sp³-hybridized carbons (Fsp3) is 0.438. The Labute approximate surface area is 130 Å². The lowest BCUT2D eigenvalue weighted by molar-refractivity contribution is -0.131. The first-order valence-electron chi connectivity index (χ1n) is 7.13. The fourth-order valence-electron chi connectivity index (χ4n) is 2.84. The lowest BCUT2D eigenvalue weighted by Crippen LogP contribution is -2.38. The van der Waals surface area contributed by atoms with Crippen molar-refractivity contribution in [3.8, 4) is 0 Å². The van der Waals surface area contributed by atoms with E-state index < -0.39 is 5.97 Å². The van der Waals surface area contributed by atoms with Crippen molar-refractivity contribution in [1.29, 1.82) is 0 Å². The van der Waals surface area contributed by atoms with Gasteiger partial charge in [-0.25, -0.2) is 4.79 Å². The molecule has 1 aromatic rings. The molecule has 1 heterocycles. The van der Waals surface area contributed by atoms with Gasteiger partial charge < -0.3 is 14.9 Å². The van der Waals surface area contributed by atoms with Gasteiger partial charge in [-0.2, -0.15) is 0 Å². The van der Waals surface area contributed by atoms with Crippen molar-refractivity contribution in [2.24, 2.45) is 0 Å². The molecular weight excluding hydrogens is 288 g/mol. The number of carboxylic acids is 1. The molecule has 21 heavy (non-hydrogen) atoms. The molecule has 0 spiro atoms. The highest BCUT2D eigenvalue weighted by Gasteiger charge is 2.23. The average molecular weight is 309 g/mol. The number of hydrogen-bond donors (Lipinski definition) is 1.